The van der Waals surface area contributed by atoms with Gasteiger partial charge in [0.2, 0.25) is 5.95 Å². The average Bonchev–Trinajstić information content (AvgIpc) is 3.01. The molecule has 2 aromatic rings. The summed E-state index contributed by atoms with van der Waals surface area (Å²) in [5.74, 6) is 0.970. The van der Waals surface area contributed by atoms with Crippen molar-refractivity contribution in [1.29, 1.82) is 0 Å². The molecule has 1 aliphatic carbocycles. The van der Waals surface area contributed by atoms with Crippen molar-refractivity contribution in [3.8, 4) is 0 Å². The van der Waals surface area contributed by atoms with Gasteiger partial charge in [-0.1, -0.05) is 6.42 Å². The van der Waals surface area contributed by atoms with Crippen LogP contribution >= 0.6 is 27.3 Å². The predicted octanol–water partition coefficient (Wildman–Crippen LogP) is 3.22. The van der Waals surface area contributed by atoms with E-state index in [1.807, 2.05) is 22.5 Å². The van der Waals surface area contributed by atoms with Gasteiger partial charge < -0.3 is 9.80 Å². The van der Waals surface area contributed by atoms with Gasteiger partial charge in [-0.05, 0) is 52.2 Å². The van der Waals surface area contributed by atoms with Crippen molar-refractivity contribution in [3.63, 3.8) is 0 Å². The number of nitrogens with zero attached hydrogens (tertiary/aromatic N) is 5. The highest BCUT2D eigenvalue weighted by atomic mass is 79.9. The van der Waals surface area contributed by atoms with E-state index in [1.54, 1.807) is 0 Å². The van der Waals surface area contributed by atoms with Crippen LogP contribution < -0.4 is 4.90 Å². The second kappa shape index (κ2) is 8.32. The first-order valence-electron chi connectivity index (χ1n) is 10.5. The summed E-state index contributed by atoms with van der Waals surface area (Å²) in [6, 6.07) is 2.75. The Hall–Kier alpha value is -1.51. The summed E-state index contributed by atoms with van der Waals surface area (Å²) in [6.07, 6.45) is 7.73. The highest BCUT2D eigenvalue weighted by Gasteiger charge is 2.29. The minimum absolute atomic E-state index is 0.111. The first-order chi connectivity index (χ1) is 14.2. The Morgan fingerprint density at radius 2 is 1.90 bits per heavy atom. The van der Waals surface area contributed by atoms with E-state index in [1.165, 1.54) is 36.2 Å². The van der Waals surface area contributed by atoms with Crippen molar-refractivity contribution in [2.75, 3.05) is 44.2 Å². The normalized spacial score (nSPS) is 20.9. The summed E-state index contributed by atoms with van der Waals surface area (Å²) in [7, 11) is 0. The molecule has 4 heterocycles. The van der Waals surface area contributed by atoms with Crippen LogP contribution in [0.25, 0.3) is 0 Å². The third-order valence-electron chi connectivity index (χ3n) is 6.50. The smallest absolute Gasteiger partial charge is 0.265 e. The van der Waals surface area contributed by atoms with E-state index in [4.69, 9.17) is 4.98 Å². The molecule has 0 radical (unpaired) electrons. The van der Waals surface area contributed by atoms with Gasteiger partial charge in [0.1, 0.15) is 4.88 Å². The second-order valence-electron chi connectivity index (χ2n) is 8.14. The molecule has 2 aromatic heterocycles. The van der Waals surface area contributed by atoms with Crippen LogP contribution in [0.15, 0.2) is 22.1 Å². The lowest BCUT2D eigenvalue weighted by molar-refractivity contribution is 0.0767. The van der Waals surface area contributed by atoms with Crippen LogP contribution in [0.5, 0.6) is 0 Å². The number of halogens is 1. The van der Waals surface area contributed by atoms with Gasteiger partial charge in [-0.3, -0.25) is 9.69 Å². The molecule has 0 N–H and O–H groups in total. The molecule has 0 unspecified atom stereocenters. The zero-order chi connectivity index (χ0) is 19.8. The molecule has 0 atom stereocenters. The lowest BCUT2D eigenvalue weighted by atomic mass is 9.91. The standard InChI is InChI=1S/C21H26BrN5OS/c22-17-6-13-29-19(17)20(28)26-7-4-15-14-23-21(24-18(15)5-8-26)27-11-9-25(10-12-27)16-2-1-3-16/h6,13-14,16H,1-5,7-12H2. The summed E-state index contributed by atoms with van der Waals surface area (Å²) in [5.41, 5.74) is 2.29. The lowest BCUT2D eigenvalue weighted by Crippen LogP contribution is -2.52. The van der Waals surface area contributed by atoms with E-state index in [0.29, 0.717) is 6.54 Å². The van der Waals surface area contributed by atoms with Gasteiger partial charge in [-0.2, -0.15) is 0 Å². The number of hydrogen-bond acceptors (Lipinski definition) is 6. The van der Waals surface area contributed by atoms with E-state index >= 15 is 0 Å². The molecule has 6 nitrogen and oxygen atoms in total. The number of carbonyl (C=O) groups is 1. The molecule has 1 saturated heterocycles. The Bertz CT molecular complexity index is 891. The predicted molar refractivity (Wildman–Crippen MR) is 119 cm³/mol. The maximum atomic E-state index is 12.9. The van der Waals surface area contributed by atoms with Gasteiger partial charge in [0.25, 0.3) is 5.91 Å². The van der Waals surface area contributed by atoms with Crippen LogP contribution in [0.4, 0.5) is 5.95 Å². The van der Waals surface area contributed by atoms with Crippen LogP contribution in [0.3, 0.4) is 0 Å². The maximum absolute atomic E-state index is 12.9. The summed E-state index contributed by atoms with van der Waals surface area (Å²) in [5, 5.41) is 1.95. The van der Waals surface area contributed by atoms with Gasteiger partial charge in [-0.15, -0.1) is 11.3 Å². The molecule has 1 amide bonds. The van der Waals surface area contributed by atoms with Crippen LogP contribution in [0.1, 0.15) is 40.2 Å². The molecule has 29 heavy (non-hydrogen) atoms. The largest absolute Gasteiger partial charge is 0.338 e. The number of fused-ring (bicyclic) bond motifs is 1. The van der Waals surface area contributed by atoms with Crippen LogP contribution in [0, 0.1) is 0 Å². The Kier molecular flexibility index (Phi) is 5.58. The molecule has 3 aliphatic rings. The molecule has 8 heteroatoms. The lowest BCUT2D eigenvalue weighted by Gasteiger charge is -2.43. The number of thiophene rings is 1. The number of carbonyl (C=O) groups excluding carboxylic acids is 1. The quantitative estimate of drug-likeness (QED) is 0.681. The molecule has 5 rings (SSSR count). The van der Waals surface area contributed by atoms with Crippen LogP contribution in [-0.2, 0) is 12.8 Å². The molecular weight excluding hydrogens is 450 g/mol. The van der Waals surface area contributed by atoms with Crippen molar-refractivity contribution < 1.29 is 4.79 Å². The molecule has 0 aromatic carbocycles. The van der Waals surface area contributed by atoms with E-state index in [9.17, 15) is 4.79 Å². The number of hydrogen-bond donors (Lipinski definition) is 0. The SMILES string of the molecule is O=C(c1sccc1Br)N1CCc2cnc(N3CCN(C4CCC4)CC3)nc2CC1. The number of aromatic nitrogens is 2. The monoisotopic (exact) mass is 475 g/mol. The topological polar surface area (TPSA) is 52.6 Å². The van der Waals surface area contributed by atoms with Crippen molar-refractivity contribution in [1.82, 2.24) is 19.8 Å². The van der Waals surface area contributed by atoms with E-state index in [0.717, 1.165) is 72.6 Å². The van der Waals surface area contributed by atoms with E-state index < -0.39 is 0 Å². The van der Waals surface area contributed by atoms with Crippen LogP contribution in [0.2, 0.25) is 0 Å². The van der Waals surface area contributed by atoms with Crippen molar-refractivity contribution in [3.05, 3.63) is 38.3 Å². The summed E-state index contributed by atoms with van der Waals surface area (Å²) >= 11 is 4.98. The Morgan fingerprint density at radius 1 is 1.10 bits per heavy atom. The van der Waals surface area contributed by atoms with E-state index in [-0.39, 0.29) is 5.91 Å². The minimum atomic E-state index is 0.111. The Balaban J connectivity index is 1.24. The molecule has 154 valence electrons. The molecule has 2 fully saturated rings. The van der Waals surface area contributed by atoms with Crippen molar-refractivity contribution >= 4 is 39.1 Å². The Morgan fingerprint density at radius 3 is 2.59 bits per heavy atom. The third kappa shape index (κ3) is 3.94. The fourth-order valence-corrected chi connectivity index (χ4v) is 5.96. The van der Waals surface area contributed by atoms with Gasteiger partial charge in [0, 0.05) is 62.4 Å². The van der Waals surface area contributed by atoms with Crippen molar-refractivity contribution in [2.45, 2.75) is 38.1 Å². The average molecular weight is 476 g/mol. The van der Waals surface area contributed by atoms with Gasteiger partial charge >= 0.3 is 0 Å². The fraction of sp³-hybridized carbons (Fsp3) is 0.571. The number of amides is 1. The zero-order valence-corrected chi connectivity index (χ0v) is 18.9. The summed E-state index contributed by atoms with van der Waals surface area (Å²) < 4.78 is 0.886. The van der Waals surface area contributed by atoms with Gasteiger partial charge in [0.05, 0.1) is 5.69 Å². The summed E-state index contributed by atoms with van der Waals surface area (Å²) in [4.78, 5) is 30.2. The first-order valence-corrected chi connectivity index (χ1v) is 12.2. The fourth-order valence-electron chi connectivity index (χ4n) is 4.45. The summed E-state index contributed by atoms with van der Waals surface area (Å²) in [6.45, 7) is 5.67. The molecule has 2 aliphatic heterocycles. The van der Waals surface area contributed by atoms with Gasteiger partial charge in [-0.25, -0.2) is 9.97 Å². The number of rotatable bonds is 3. The van der Waals surface area contributed by atoms with E-state index in [2.05, 4.69) is 30.7 Å². The molecular formula is C21H26BrN5OS. The molecule has 0 spiro atoms. The Labute approximate surface area is 184 Å². The maximum Gasteiger partial charge on any atom is 0.265 e. The van der Waals surface area contributed by atoms with Gasteiger partial charge in [0.15, 0.2) is 0 Å². The first kappa shape index (κ1) is 19.5. The van der Waals surface area contributed by atoms with Crippen LogP contribution in [-0.4, -0.2) is 71.0 Å². The minimum Gasteiger partial charge on any atom is -0.338 e. The highest BCUT2D eigenvalue weighted by molar-refractivity contribution is 9.10. The zero-order valence-electron chi connectivity index (χ0n) is 16.5. The molecule has 1 saturated carbocycles. The number of piperazine rings is 1. The third-order valence-corrected chi connectivity index (χ3v) is 8.32. The van der Waals surface area contributed by atoms with Crippen molar-refractivity contribution in [2.24, 2.45) is 0 Å². The second-order valence-corrected chi connectivity index (χ2v) is 9.91. The highest BCUT2D eigenvalue weighted by Crippen LogP contribution is 2.27. The molecule has 0 bridgehead atoms. The number of anilines is 1.